The molecule has 0 bridgehead atoms. The highest BCUT2D eigenvalue weighted by molar-refractivity contribution is 5.83. The molecule has 0 aromatic heterocycles. The van der Waals surface area contributed by atoms with E-state index in [1.807, 2.05) is 0 Å². The molecule has 0 heterocycles. The lowest BCUT2D eigenvalue weighted by molar-refractivity contribution is 0.427. The van der Waals surface area contributed by atoms with E-state index in [0.29, 0.717) is 0 Å². The molecule has 0 saturated carbocycles. The highest BCUT2D eigenvalue weighted by Crippen LogP contribution is 2.29. The van der Waals surface area contributed by atoms with E-state index in [1.165, 1.54) is 21.9 Å². The van der Waals surface area contributed by atoms with Gasteiger partial charge in [-0.2, -0.15) is 0 Å². The van der Waals surface area contributed by atoms with Gasteiger partial charge < -0.3 is 11.5 Å². The average molecular weight is 314 g/mol. The minimum absolute atomic E-state index is 0.101. The standard InChI is InChI=1S/C22H22N2/c23-21(19-11-9-15-5-1-3-7-17(15)13-19)22(24)20-12-10-16-6-2-4-8-18(16)14-20/h1-13,20-22H,14,23-24H2/t20?,21-,22-/m1/s1. The van der Waals surface area contributed by atoms with Crippen LogP contribution in [0.1, 0.15) is 22.7 Å². The minimum Gasteiger partial charge on any atom is -0.326 e. The molecule has 24 heavy (non-hydrogen) atoms. The smallest absolute Gasteiger partial charge is 0.0454 e. The summed E-state index contributed by atoms with van der Waals surface area (Å²) in [6.07, 6.45) is 5.35. The van der Waals surface area contributed by atoms with Crippen molar-refractivity contribution in [3.63, 3.8) is 0 Å². The molecule has 1 aliphatic rings. The molecule has 4 N–H and O–H groups in total. The molecule has 2 nitrogen and oxygen atoms in total. The maximum Gasteiger partial charge on any atom is 0.0454 e. The molecule has 1 aliphatic carbocycles. The lowest BCUT2D eigenvalue weighted by atomic mass is 9.81. The first kappa shape index (κ1) is 15.1. The van der Waals surface area contributed by atoms with Crippen molar-refractivity contribution in [3.05, 3.63) is 89.5 Å². The van der Waals surface area contributed by atoms with E-state index >= 15 is 0 Å². The van der Waals surface area contributed by atoms with Gasteiger partial charge in [0, 0.05) is 12.1 Å². The van der Waals surface area contributed by atoms with Crippen molar-refractivity contribution in [2.75, 3.05) is 0 Å². The van der Waals surface area contributed by atoms with Gasteiger partial charge in [0.2, 0.25) is 0 Å². The van der Waals surface area contributed by atoms with Gasteiger partial charge in [0.15, 0.2) is 0 Å². The maximum atomic E-state index is 6.55. The van der Waals surface area contributed by atoms with Crippen molar-refractivity contribution in [1.29, 1.82) is 0 Å². The Balaban J connectivity index is 1.58. The fourth-order valence-corrected chi connectivity index (χ4v) is 3.60. The summed E-state index contributed by atoms with van der Waals surface area (Å²) >= 11 is 0. The zero-order valence-corrected chi connectivity index (χ0v) is 13.6. The number of hydrogen-bond acceptors (Lipinski definition) is 2. The van der Waals surface area contributed by atoms with E-state index in [-0.39, 0.29) is 18.0 Å². The average Bonchev–Trinajstić information content (AvgIpc) is 2.66. The third-order valence-corrected chi connectivity index (χ3v) is 5.10. The molecule has 4 rings (SSSR count). The predicted molar refractivity (Wildman–Crippen MR) is 102 cm³/mol. The molecule has 0 amide bonds. The predicted octanol–water partition coefficient (Wildman–Crippen LogP) is 4.05. The SMILES string of the molecule is N[C@H](c1ccc2ccccc2c1)[C@H](N)C1C=Cc2ccccc2C1. The maximum absolute atomic E-state index is 6.55. The largest absolute Gasteiger partial charge is 0.326 e. The van der Waals surface area contributed by atoms with Crippen LogP contribution in [0, 0.1) is 5.92 Å². The molecule has 2 heteroatoms. The van der Waals surface area contributed by atoms with Crippen LogP contribution >= 0.6 is 0 Å². The van der Waals surface area contributed by atoms with Crippen molar-refractivity contribution in [2.45, 2.75) is 18.5 Å². The van der Waals surface area contributed by atoms with Gasteiger partial charge in [0.25, 0.3) is 0 Å². The highest BCUT2D eigenvalue weighted by Gasteiger charge is 2.25. The molecule has 0 saturated heterocycles. The van der Waals surface area contributed by atoms with Crippen LogP contribution in [0.2, 0.25) is 0 Å². The Morgan fingerprint density at radius 2 is 1.58 bits per heavy atom. The Morgan fingerprint density at radius 1 is 0.833 bits per heavy atom. The van der Waals surface area contributed by atoms with Gasteiger partial charge in [0.1, 0.15) is 0 Å². The molecule has 3 aromatic rings. The van der Waals surface area contributed by atoms with Crippen LogP contribution in [0.3, 0.4) is 0 Å². The zero-order chi connectivity index (χ0) is 16.5. The second-order valence-electron chi connectivity index (χ2n) is 6.64. The van der Waals surface area contributed by atoms with Crippen LogP contribution in [0.15, 0.2) is 72.8 Å². The van der Waals surface area contributed by atoms with Gasteiger partial charge >= 0.3 is 0 Å². The van der Waals surface area contributed by atoms with E-state index in [0.717, 1.165) is 12.0 Å². The Hall–Kier alpha value is -2.42. The topological polar surface area (TPSA) is 52.0 Å². The first-order valence-corrected chi connectivity index (χ1v) is 8.48. The molecule has 120 valence electrons. The fraction of sp³-hybridized carbons (Fsp3) is 0.182. The molecule has 3 aromatic carbocycles. The number of benzene rings is 3. The molecule has 0 fully saturated rings. The minimum atomic E-state index is -0.172. The third kappa shape index (κ3) is 2.75. The molecular weight excluding hydrogens is 292 g/mol. The number of fused-ring (bicyclic) bond motifs is 2. The van der Waals surface area contributed by atoms with Gasteiger partial charge in [-0.1, -0.05) is 72.8 Å². The summed E-state index contributed by atoms with van der Waals surface area (Å²) in [7, 11) is 0. The second-order valence-corrected chi connectivity index (χ2v) is 6.64. The van der Waals surface area contributed by atoms with Crippen LogP contribution in [-0.4, -0.2) is 6.04 Å². The van der Waals surface area contributed by atoms with Crippen LogP contribution in [0.5, 0.6) is 0 Å². The lowest BCUT2D eigenvalue weighted by Gasteiger charge is -2.29. The van der Waals surface area contributed by atoms with E-state index in [1.54, 1.807) is 0 Å². The molecule has 3 atom stereocenters. The number of nitrogens with two attached hydrogens (primary N) is 2. The molecule has 0 aliphatic heterocycles. The van der Waals surface area contributed by atoms with Crippen LogP contribution in [-0.2, 0) is 6.42 Å². The van der Waals surface area contributed by atoms with E-state index in [2.05, 4.69) is 78.9 Å². The summed E-state index contributed by atoms with van der Waals surface area (Å²) in [5.41, 5.74) is 16.8. The Bertz CT molecular complexity index is 897. The van der Waals surface area contributed by atoms with Crippen molar-refractivity contribution in [1.82, 2.24) is 0 Å². The second kappa shape index (κ2) is 6.23. The monoisotopic (exact) mass is 314 g/mol. The van der Waals surface area contributed by atoms with Crippen molar-refractivity contribution in [3.8, 4) is 0 Å². The van der Waals surface area contributed by atoms with Crippen molar-refractivity contribution >= 4 is 16.8 Å². The summed E-state index contributed by atoms with van der Waals surface area (Å²) < 4.78 is 0. The Labute approximate surface area is 142 Å². The molecule has 1 unspecified atom stereocenters. The van der Waals surface area contributed by atoms with Crippen LogP contribution in [0.25, 0.3) is 16.8 Å². The first-order valence-electron chi connectivity index (χ1n) is 8.48. The summed E-state index contributed by atoms with van der Waals surface area (Å²) in [6, 6.07) is 23.0. The zero-order valence-electron chi connectivity index (χ0n) is 13.6. The van der Waals surface area contributed by atoms with Gasteiger partial charge in [-0.25, -0.2) is 0 Å². The van der Waals surface area contributed by atoms with Crippen LogP contribution < -0.4 is 11.5 Å². The summed E-state index contributed by atoms with van der Waals surface area (Å²) in [4.78, 5) is 0. The highest BCUT2D eigenvalue weighted by atomic mass is 14.8. The number of rotatable bonds is 3. The van der Waals surface area contributed by atoms with E-state index in [4.69, 9.17) is 11.5 Å². The summed E-state index contributed by atoms with van der Waals surface area (Å²) in [5.74, 6) is 0.265. The van der Waals surface area contributed by atoms with E-state index in [9.17, 15) is 0 Å². The van der Waals surface area contributed by atoms with Crippen molar-refractivity contribution < 1.29 is 0 Å². The molecule has 0 radical (unpaired) electrons. The van der Waals surface area contributed by atoms with Crippen LogP contribution in [0.4, 0.5) is 0 Å². The van der Waals surface area contributed by atoms with Gasteiger partial charge in [-0.15, -0.1) is 0 Å². The molecule has 0 spiro atoms. The molecular formula is C22H22N2. The van der Waals surface area contributed by atoms with E-state index < -0.39 is 0 Å². The third-order valence-electron chi connectivity index (χ3n) is 5.10. The van der Waals surface area contributed by atoms with Gasteiger partial charge in [-0.05, 0) is 45.9 Å². The fourth-order valence-electron chi connectivity index (χ4n) is 3.60. The normalized spacial score (nSPS) is 19.0. The Kier molecular flexibility index (Phi) is 3.93. The quantitative estimate of drug-likeness (QED) is 0.766. The summed E-state index contributed by atoms with van der Waals surface area (Å²) in [5, 5.41) is 2.44. The summed E-state index contributed by atoms with van der Waals surface area (Å²) in [6.45, 7) is 0. The Morgan fingerprint density at radius 3 is 2.46 bits per heavy atom. The van der Waals surface area contributed by atoms with Gasteiger partial charge in [0.05, 0.1) is 0 Å². The van der Waals surface area contributed by atoms with Crippen molar-refractivity contribution in [2.24, 2.45) is 17.4 Å². The number of hydrogen-bond donors (Lipinski definition) is 2. The van der Waals surface area contributed by atoms with Gasteiger partial charge in [-0.3, -0.25) is 0 Å². The lowest BCUT2D eigenvalue weighted by Crippen LogP contribution is -2.41. The first-order chi connectivity index (χ1) is 11.7.